The summed E-state index contributed by atoms with van der Waals surface area (Å²) in [5, 5.41) is 14.9. The fourth-order valence-electron chi connectivity index (χ4n) is 1.65. The number of amides is 2. The molecule has 0 spiro atoms. The quantitative estimate of drug-likeness (QED) is 0.748. The summed E-state index contributed by atoms with van der Waals surface area (Å²) in [6.07, 6.45) is 0. The fourth-order valence-corrected chi connectivity index (χ4v) is 1.65. The zero-order valence-corrected chi connectivity index (χ0v) is 12.1. The standard InChI is InChI=1S/C14H20N2O4/c1-14(2,13(19)15-3)8-16-12(18)10-6-5-9(20-4)7-11(10)17/h5-7,17H,8H2,1-4H3,(H,15,19)(H,16,18). The lowest BCUT2D eigenvalue weighted by Crippen LogP contribution is -2.43. The van der Waals surface area contributed by atoms with Crippen LogP contribution in [0.15, 0.2) is 18.2 Å². The second-order valence-electron chi connectivity index (χ2n) is 5.03. The Bertz CT molecular complexity index is 512. The Balaban J connectivity index is 2.75. The number of hydrogen-bond acceptors (Lipinski definition) is 4. The van der Waals surface area contributed by atoms with Gasteiger partial charge in [-0.1, -0.05) is 0 Å². The van der Waals surface area contributed by atoms with Gasteiger partial charge in [0.1, 0.15) is 11.5 Å². The van der Waals surface area contributed by atoms with Crippen molar-refractivity contribution in [3.05, 3.63) is 23.8 Å². The molecule has 0 bridgehead atoms. The Labute approximate surface area is 118 Å². The van der Waals surface area contributed by atoms with Gasteiger partial charge in [0.05, 0.1) is 18.1 Å². The molecule has 0 aliphatic heterocycles. The molecule has 0 fully saturated rings. The smallest absolute Gasteiger partial charge is 0.255 e. The third-order valence-corrected chi connectivity index (χ3v) is 2.98. The molecule has 20 heavy (non-hydrogen) atoms. The van der Waals surface area contributed by atoms with Crippen LogP contribution in [0.25, 0.3) is 0 Å². The third-order valence-electron chi connectivity index (χ3n) is 2.98. The third kappa shape index (κ3) is 3.63. The van der Waals surface area contributed by atoms with E-state index in [4.69, 9.17) is 4.74 Å². The van der Waals surface area contributed by atoms with E-state index in [-0.39, 0.29) is 23.8 Å². The topological polar surface area (TPSA) is 87.7 Å². The van der Waals surface area contributed by atoms with Crippen LogP contribution >= 0.6 is 0 Å². The summed E-state index contributed by atoms with van der Waals surface area (Å²) < 4.78 is 4.95. The van der Waals surface area contributed by atoms with Crippen LogP contribution in [0.5, 0.6) is 11.5 Å². The maximum atomic E-state index is 12.0. The van der Waals surface area contributed by atoms with E-state index >= 15 is 0 Å². The summed E-state index contributed by atoms with van der Waals surface area (Å²) in [4.78, 5) is 23.6. The molecule has 0 aliphatic rings. The van der Waals surface area contributed by atoms with Crippen molar-refractivity contribution >= 4 is 11.8 Å². The lowest BCUT2D eigenvalue weighted by atomic mass is 9.92. The second-order valence-corrected chi connectivity index (χ2v) is 5.03. The first-order valence-electron chi connectivity index (χ1n) is 6.19. The molecule has 0 unspecified atom stereocenters. The van der Waals surface area contributed by atoms with E-state index in [1.54, 1.807) is 27.0 Å². The number of carbonyl (C=O) groups is 2. The number of nitrogens with one attached hydrogen (secondary N) is 2. The van der Waals surface area contributed by atoms with Crippen LogP contribution in [0.1, 0.15) is 24.2 Å². The van der Waals surface area contributed by atoms with Crippen LogP contribution in [0.4, 0.5) is 0 Å². The van der Waals surface area contributed by atoms with Crippen molar-refractivity contribution in [1.82, 2.24) is 10.6 Å². The van der Waals surface area contributed by atoms with Crippen LogP contribution < -0.4 is 15.4 Å². The number of benzene rings is 1. The van der Waals surface area contributed by atoms with Gasteiger partial charge in [-0.25, -0.2) is 0 Å². The largest absolute Gasteiger partial charge is 0.507 e. The second kappa shape index (κ2) is 6.27. The summed E-state index contributed by atoms with van der Waals surface area (Å²) in [5.74, 6) is -0.316. The van der Waals surface area contributed by atoms with E-state index in [9.17, 15) is 14.7 Å². The highest BCUT2D eigenvalue weighted by Crippen LogP contribution is 2.23. The molecule has 1 aromatic rings. The van der Waals surface area contributed by atoms with E-state index in [1.165, 1.54) is 19.2 Å². The highest BCUT2D eigenvalue weighted by molar-refractivity contribution is 5.97. The average molecular weight is 280 g/mol. The zero-order chi connectivity index (χ0) is 15.3. The summed E-state index contributed by atoms with van der Waals surface area (Å²) in [6, 6.07) is 4.41. The van der Waals surface area contributed by atoms with Gasteiger partial charge in [0, 0.05) is 19.7 Å². The van der Waals surface area contributed by atoms with E-state index in [1.807, 2.05) is 0 Å². The minimum atomic E-state index is -0.730. The van der Waals surface area contributed by atoms with Gasteiger partial charge in [0.15, 0.2) is 0 Å². The first kappa shape index (κ1) is 15.8. The highest BCUT2D eigenvalue weighted by atomic mass is 16.5. The fraction of sp³-hybridized carbons (Fsp3) is 0.429. The number of phenolic OH excluding ortho intramolecular Hbond substituents is 1. The Morgan fingerprint density at radius 1 is 1.35 bits per heavy atom. The van der Waals surface area contributed by atoms with Gasteiger partial charge in [0.25, 0.3) is 5.91 Å². The predicted octanol–water partition coefficient (Wildman–Crippen LogP) is 0.903. The first-order chi connectivity index (χ1) is 9.31. The van der Waals surface area contributed by atoms with Gasteiger partial charge < -0.3 is 20.5 Å². The summed E-state index contributed by atoms with van der Waals surface area (Å²) in [6.45, 7) is 3.61. The number of rotatable bonds is 5. The molecule has 0 aliphatic carbocycles. The Morgan fingerprint density at radius 3 is 2.50 bits per heavy atom. The Kier molecular flexibility index (Phi) is 4.96. The van der Waals surface area contributed by atoms with Crippen LogP contribution in [-0.4, -0.2) is 37.6 Å². The van der Waals surface area contributed by atoms with Crippen LogP contribution in [0.3, 0.4) is 0 Å². The summed E-state index contributed by atoms with van der Waals surface area (Å²) >= 11 is 0. The van der Waals surface area contributed by atoms with Crippen molar-refractivity contribution in [2.75, 3.05) is 20.7 Å². The molecule has 0 saturated carbocycles. The molecular formula is C14H20N2O4. The van der Waals surface area contributed by atoms with Crippen molar-refractivity contribution in [3.63, 3.8) is 0 Å². The number of ether oxygens (including phenoxy) is 1. The maximum absolute atomic E-state index is 12.0. The van der Waals surface area contributed by atoms with Crippen molar-refractivity contribution in [3.8, 4) is 11.5 Å². The van der Waals surface area contributed by atoms with E-state index in [2.05, 4.69) is 10.6 Å². The summed E-state index contributed by atoms with van der Waals surface area (Å²) in [5.41, 5.74) is -0.592. The highest BCUT2D eigenvalue weighted by Gasteiger charge is 2.27. The SMILES string of the molecule is CNC(=O)C(C)(C)CNC(=O)c1ccc(OC)cc1O. The van der Waals surface area contributed by atoms with E-state index in [0.29, 0.717) is 5.75 Å². The number of methoxy groups -OCH3 is 1. The van der Waals surface area contributed by atoms with Crippen molar-refractivity contribution in [2.45, 2.75) is 13.8 Å². The molecule has 6 heteroatoms. The normalized spacial score (nSPS) is 10.8. The maximum Gasteiger partial charge on any atom is 0.255 e. The van der Waals surface area contributed by atoms with Gasteiger partial charge in [-0.3, -0.25) is 9.59 Å². The lowest BCUT2D eigenvalue weighted by Gasteiger charge is -2.22. The minimum absolute atomic E-state index is 0.138. The van der Waals surface area contributed by atoms with Crippen molar-refractivity contribution in [1.29, 1.82) is 0 Å². The van der Waals surface area contributed by atoms with Crippen LogP contribution in [0, 0.1) is 5.41 Å². The average Bonchev–Trinajstić information content (AvgIpc) is 2.43. The Hall–Kier alpha value is -2.24. The molecule has 3 N–H and O–H groups in total. The molecule has 0 saturated heterocycles. The molecule has 110 valence electrons. The predicted molar refractivity (Wildman–Crippen MR) is 74.8 cm³/mol. The number of phenols is 1. The molecule has 1 aromatic carbocycles. The molecule has 1 rings (SSSR count). The molecule has 6 nitrogen and oxygen atoms in total. The van der Waals surface area contributed by atoms with Gasteiger partial charge in [-0.05, 0) is 26.0 Å². The lowest BCUT2D eigenvalue weighted by molar-refractivity contribution is -0.128. The molecule has 0 aromatic heterocycles. The first-order valence-corrected chi connectivity index (χ1v) is 6.19. The molecule has 0 radical (unpaired) electrons. The van der Waals surface area contributed by atoms with Crippen molar-refractivity contribution < 1.29 is 19.4 Å². The Morgan fingerprint density at radius 2 is 2.00 bits per heavy atom. The van der Waals surface area contributed by atoms with Crippen LogP contribution in [0.2, 0.25) is 0 Å². The molecular weight excluding hydrogens is 260 g/mol. The van der Waals surface area contributed by atoms with Gasteiger partial charge in [-0.15, -0.1) is 0 Å². The number of carbonyl (C=O) groups excluding carboxylic acids is 2. The van der Waals surface area contributed by atoms with Gasteiger partial charge >= 0.3 is 0 Å². The van der Waals surface area contributed by atoms with Gasteiger partial charge in [0.2, 0.25) is 5.91 Å². The van der Waals surface area contributed by atoms with Crippen molar-refractivity contribution in [2.24, 2.45) is 5.41 Å². The monoisotopic (exact) mass is 280 g/mol. The number of hydrogen-bond donors (Lipinski definition) is 3. The minimum Gasteiger partial charge on any atom is -0.507 e. The zero-order valence-electron chi connectivity index (χ0n) is 12.1. The molecule has 0 heterocycles. The van der Waals surface area contributed by atoms with E-state index in [0.717, 1.165) is 0 Å². The molecule has 0 atom stereocenters. The number of aromatic hydroxyl groups is 1. The van der Waals surface area contributed by atoms with Gasteiger partial charge in [-0.2, -0.15) is 0 Å². The van der Waals surface area contributed by atoms with Crippen LogP contribution in [-0.2, 0) is 4.79 Å². The summed E-state index contributed by atoms with van der Waals surface area (Å²) in [7, 11) is 3.02. The van der Waals surface area contributed by atoms with E-state index < -0.39 is 11.3 Å². The molecule has 2 amide bonds.